The lowest BCUT2D eigenvalue weighted by atomic mass is 10.1. The molecule has 3 aromatic heterocycles. The smallest absolute Gasteiger partial charge is 0.417 e. The number of carbonyl (C=O) groups is 4. The molecule has 0 fully saturated rings. The van der Waals surface area contributed by atoms with Gasteiger partial charge in [-0.25, -0.2) is 19.1 Å². The molecule has 0 saturated heterocycles. The van der Waals surface area contributed by atoms with Crippen LogP contribution in [0.1, 0.15) is 38.2 Å². The first-order valence-electron chi connectivity index (χ1n) is 13.2. The molecule has 0 aromatic carbocycles. The van der Waals surface area contributed by atoms with Gasteiger partial charge in [0.1, 0.15) is 23.1 Å². The van der Waals surface area contributed by atoms with Crippen LogP contribution in [0.4, 0.5) is 15.3 Å². The molecule has 0 spiro atoms. The number of ether oxygens (including phenoxy) is 1. The number of likely N-dealkylation sites (N-methyl/N-ethyl adjacent to an activating group) is 1. The van der Waals surface area contributed by atoms with Crippen molar-refractivity contribution in [1.82, 2.24) is 29.3 Å². The van der Waals surface area contributed by atoms with E-state index in [9.17, 15) is 29.1 Å². The SMILES string of the molecule is COC(=O)N[C@@H](CC/C=C/C(=O)N(C)C)C(=O)Nc1cccn(Cc2nc3c(CC(C)C)nccc3n2C(=O)O)c1=O. The highest BCUT2D eigenvalue weighted by molar-refractivity contribution is 5.96. The summed E-state index contributed by atoms with van der Waals surface area (Å²) in [5.41, 5.74) is 0.765. The van der Waals surface area contributed by atoms with Crippen molar-refractivity contribution in [3.05, 3.63) is 64.6 Å². The Morgan fingerprint density at radius 1 is 1.19 bits per heavy atom. The van der Waals surface area contributed by atoms with Crippen LogP contribution in [0.5, 0.6) is 0 Å². The highest BCUT2D eigenvalue weighted by atomic mass is 16.5. The van der Waals surface area contributed by atoms with Crippen LogP contribution in [0.3, 0.4) is 0 Å². The van der Waals surface area contributed by atoms with Crippen LogP contribution >= 0.6 is 0 Å². The average Bonchev–Trinajstić information content (AvgIpc) is 3.31. The zero-order valence-electron chi connectivity index (χ0n) is 24.2. The van der Waals surface area contributed by atoms with E-state index in [1.807, 2.05) is 13.8 Å². The summed E-state index contributed by atoms with van der Waals surface area (Å²) in [6, 6.07) is 3.40. The molecule has 3 amide bonds. The van der Waals surface area contributed by atoms with Gasteiger partial charge in [0.05, 0.1) is 24.9 Å². The van der Waals surface area contributed by atoms with E-state index in [-0.39, 0.29) is 42.7 Å². The fourth-order valence-corrected chi connectivity index (χ4v) is 4.16. The Hall–Kier alpha value is -5.01. The maximum atomic E-state index is 13.3. The number of amides is 3. The number of hydrogen-bond acceptors (Lipinski definition) is 8. The van der Waals surface area contributed by atoms with Gasteiger partial charge in [0.15, 0.2) is 0 Å². The molecule has 14 heteroatoms. The molecule has 1 atom stereocenters. The molecular formula is C28H35N7O7. The van der Waals surface area contributed by atoms with Crippen molar-refractivity contribution in [3.8, 4) is 0 Å². The molecule has 0 saturated carbocycles. The lowest BCUT2D eigenvalue weighted by Gasteiger charge is -2.17. The van der Waals surface area contributed by atoms with Crippen LogP contribution in [0.25, 0.3) is 11.0 Å². The number of pyridine rings is 2. The minimum Gasteiger partial charge on any atom is -0.464 e. The Morgan fingerprint density at radius 2 is 1.93 bits per heavy atom. The molecule has 0 aliphatic carbocycles. The standard InChI is InChI=1S/C28H35N7O7/c1-17(2)15-20-24-21(12-13-29-20)35(28(40)41)22(32-24)16-34-14-8-10-19(26(34)38)30-25(37)18(31-27(39)42-5)9-6-7-11-23(36)33(3)4/h7-8,10-14,17-18H,6,9,15-16H2,1-5H3,(H,30,37)(H,31,39)(H,40,41)/b11-7+/t18-/m0/s1. The van der Waals surface area contributed by atoms with Crippen LogP contribution in [0.2, 0.25) is 0 Å². The summed E-state index contributed by atoms with van der Waals surface area (Å²) in [6.45, 7) is 3.84. The minimum absolute atomic E-state index is 0.0855. The van der Waals surface area contributed by atoms with Crippen molar-refractivity contribution in [2.45, 2.75) is 45.7 Å². The number of alkyl carbamates (subject to hydrolysis) is 1. The third-order valence-electron chi connectivity index (χ3n) is 6.22. The Bertz CT molecular complexity index is 1560. The quantitative estimate of drug-likeness (QED) is 0.287. The second-order valence-electron chi connectivity index (χ2n) is 10.1. The molecule has 3 heterocycles. The normalized spacial score (nSPS) is 12.0. The fourth-order valence-electron chi connectivity index (χ4n) is 4.16. The molecular weight excluding hydrogens is 546 g/mol. The first kappa shape index (κ1) is 31.5. The van der Waals surface area contributed by atoms with E-state index in [0.29, 0.717) is 23.1 Å². The molecule has 0 aliphatic rings. The van der Waals surface area contributed by atoms with Crippen molar-refractivity contribution in [3.63, 3.8) is 0 Å². The van der Waals surface area contributed by atoms with Crippen molar-refractivity contribution in [1.29, 1.82) is 0 Å². The summed E-state index contributed by atoms with van der Waals surface area (Å²) >= 11 is 0. The van der Waals surface area contributed by atoms with Gasteiger partial charge in [-0.05, 0) is 49.5 Å². The zero-order valence-corrected chi connectivity index (χ0v) is 24.2. The number of methoxy groups -OCH3 is 1. The third-order valence-corrected chi connectivity index (χ3v) is 6.22. The van der Waals surface area contributed by atoms with Gasteiger partial charge in [-0.15, -0.1) is 0 Å². The van der Waals surface area contributed by atoms with Crippen LogP contribution in [-0.2, 0) is 27.3 Å². The number of carbonyl (C=O) groups excluding carboxylic acids is 3. The summed E-state index contributed by atoms with van der Waals surface area (Å²) in [7, 11) is 4.36. The largest absolute Gasteiger partial charge is 0.464 e. The van der Waals surface area contributed by atoms with E-state index in [0.717, 1.165) is 11.7 Å². The van der Waals surface area contributed by atoms with Crippen LogP contribution in [0.15, 0.2) is 47.5 Å². The summed E-state index contributed by atoms with van der Waals surface area (Å²) in [5.74, 6) is -0.542. The van der Waals surface area contributed by atoms with Crippen LogP contribution in [-0.4, -0.2) is 80.4 Å². The van der Waals surface area contributed by atoms with Gasteiger partial charge in [-0.1, -0.05) is 19.9 Å². The topological polar surface area (TPSA) is 178 Å². The molecule has 3 N–H and O–H groups in total. The first-order chi connectivity index (χ1) is 19.9. The Kier molecular flexibility index (Phi) is 10.5. The molecule has 224 valence electrons. The Labute approximate surface area is 242 Å². The first-order valence-corrected chi connectivity index (χ1v) is 13.2. The van der Waals surface area contributed by atoms with Crippen LogP contribution in [0, 0.1) is 5.92 Å². The maximum Gasteiger partial charge on any atom is 0.417 e. The molecule has 3 aromatic rings. The summed E-state index contributed by atoms with van der Waals surface area (Å²) in [4.78, 5) is 72.4. The molecule has 14 nitrogen and oxygen atoms in total. The molecule has 0 aliphatic heterocycles. The number of carboxylic acid groups (broad SMARTS) is 1. The number of nitrogens with zero attached hydrogens (tertiary/aromatic N) is 5. The number of imidazole rings is 1. The number of nitrogens with one attached hydrogen (secondary N) is 2. The van der Waals surface area contributed by atoms with Gasteiger partial charge in [0.25, 0.3) is 5.56 Å². The van der Waals surface area contributed by atoms with Crippen molar-refractivity contribution >= 4 is 40.7 Å². The molecule has 3 rings (SSSR count). The van der Waals surface area contributed by atoms with E-state index < -0.39 is 29.7 Å². The maximum absolute atomic E-state index is 13.3. The zero-order chi connectivity index (χ0) is 31.0. The number of anilines is 1. The van der Waals surface area contributed by atoms with Gasteiger partial charge in [-0.3, -0.25) is 19.4 Å². The molecule has 0 radical (unpaired) electrons. The lowest BCUT2D eigenvalue weighted by molar-refractivity contribution is -0.123. The second-order valence-corrected chi connectivity index (χ2v) is 10.1. The van der Waals surface area contributed by atoms with E-state index >= 15 is 0 Å². The fraction of sp³-hybridized carbons (Fsp3) is 0.393. The summed E-state index contributed by atoms with van der Waals surface area (Å²) < 4.78 is 6.86. The molecule has 0 unspecified atom stereocenters. The minimum atomic E-state index is -1.26. The highest BCUT2D eigenvalue weighted by Gasteiger charge is 2.23. The number of fused-ring (bicyclic) bond motifs is 1. The van der Waals surface area contributed by atoms with Crippen molar-refractivity contribution in [2.75, 3.05) is 26.5 Å². The van der Waals surface area contributed by atoms with Crippen LogP contribution < -0.4 is 16.2 Å². The van der Waals surface area contributed by atoms with Gasteiger partial charge >= 0.3 is 12.2 Å². The van der Waals surface area contributed by atoms with Crippen molar-refractivity contribution < 1.29 is 29.0 Å². The number of hydrogen-bond donors (Lipinski definition) is 3. The van der Waals surface area contributed by atoms with Crippen molar-refractivity contribution in [2.24, 2.45) is 5.92 Å². The predicted octanol–water partition coefficient (Wildman–Crippen LogP) is 2.45. The molecule has 42 heavy (non-hydrogen) atoms. The van der Waals surface area contributed by atoms with Gasteiger partial charge in [0, 0.05) is 26.5 Å². The van der Waals surface area contributed by atoms with E-state index in [2.05, 4.69) is 25.3 Å². The predicted molar refractivity (Wildman–Crippen MR) is 154 cm³/mol. The second kappa shape index (κ2) is 14.1. The van der Waals surface area contributed by atoms with Gasteiger partial charge in [0.2, 0.25) is 11.8 Å². The summed E-state index contributed by atoms with van der Waals surface area (Å²) in [5, 5.41) is 14.9. The Morgan fingerprint density at radius 3 is 2.57 bits per heavy atom. The summed E-state index contributed by atoms with van der Waals surface area (Å²) in [6.07, 6.45) is 4.81. The number of aromatic nitrogens is 4. The number of allylic oxidation sites excluding steroid dienone is 1. The monoisotopic (exact) mass is 581 g/mol. The number of rotatable bonds is 11. The molecule has 0 bridgehead atoms. The highest BCUT2D eigenvalue weighted by Crippen LogP contribution is 2.21. The Balaban J connectivity index is 1.86. The lowest BCUT2D eigenvalue weighted by Crippen LogP contribution is -2.44. The third kappa shape index (κ3) is 7.80. The van der Waals surface area contributed by atoms with Gasteiger partial charge in [-0.2, -0.15) is 0 Å². The van der Waals surface area contributed by atoms with Gasteiger partial charge < -0.3 is 29.9 Å². The van der Waals surface area contributed by atoms with E-state index in [1.54, 1.807) is 26.2 Å². The average molecular weight is 582 g/mol. The van der Waals surface area contributed by atoms with E-state index in [4.69, 9.17) is 0 Å². The van der Waals surface area contributed by atoms with E-state index in [1.165, 1.54) is 40.1 Å².